The smallest absolute Gasteiger partial charge is 0.347 e. The van der Waals surface area contributed by atoms with Crippen molar-refractivity contribution in [1.29, 1.82) is 0 Å². The third kappa shape index (κ3) is 2.65. The summed E-state index contributed by atoms with van der Waals surface area (Å²) in [7, 11) is 0. The van der Waals surface area contributed by atoms with E-state index in [-0.39, 0.29) is 10.7 Å². The highest BCUT2D eigenvalue weighted by atomic mass is 32.1. The number of aromatic carboxylic acids is 1. The monoisotopic (exact) mass is 266 g/mol. The van der Waals surface area contributed by atoms with E-state index in [0.717, 1.165) is 11.3 Å². The molecule has 0 atom stereocenters. The van der Waals surface area contributed by atoms with Gasteiger partial charge in [0.2, 0.25) is 0 Å². The van der Waals surface area contributed by atoms with Crippen molar-refractivity contribution in [2.45, 2.75) is 13.5 Å². The highest BCUT2D eigenvalue weighted by molar-refractivity contribution is 7.13. The molecule has 0 spiro atoms. The molecule has 1 heterocycles. The van der Waals surface area contributed by atoms with Crippen LogP contribution in [0, 0.1) is 12.7 Å². The molecule has 2 rings (SSSR count). The number of hydrogen-bond donors (Lipinski definition) is 2. The quantitative estimate of drug-likeness (QED) is 0.893. The Morgan fingerprint density at radius 3 is 2.83 bits per heavy atom. The Balaban J connectivity index is 2.09. The first kappa shape index (κ1) is 12.5. The van der Waals surface area contributed by atoms with E-state index in [1.807, 2.05) is 0 Å². The molecule has 94 valence electrons. The molecule has 1 aromatic heterocycles. The van der Waals surface area contributed by atoms with Gasteiger partial charge in [-0.15, -0.1) is 11.3 Å². The lowest BCUT2D eigenvalue weighted by Gasteiger charge is -2.04. The number of carboxylic acid groups (broad SMARTS) is 1. The fourth-order valence-electron chi connectivity index (χ4n) is 1.50. The van der Waals surface area contributed by atoms with Gasteiger partial charge in [-0.1, -0.05) is 12.1 Å². The molecule has 0 aliphatic heterocycles. The number of rotatable bonds is 4. The third-order valence-corrected chi connectivity index (χ3v) is 3.48. The predicted octanol–water partition coefficient (Wildman–Crippen LogP) is 2.90. The van der Waals surface area contributed by atoms with Crippen molar-refractivity contribution in [1.82, 2.24) is 4.98 Å². The van der Waals surface area contributed by atoms with Crippen LogP contribution in [-0.4, -0.2) is 16.1 Å². The average molecular weight is 266 g/mol. The third-order valence-electron chi connectivity index (χ3n) is 2.34. The SMILES string of the molecule is Cc1nc(CNc2ccccc2F)sc1C(=O)O. The van der Waals surface area contributed by atoms with Crippen molar-refractivity contribution in [3.63, 3.8) is 0 Å². The minimum Gasteiger partial charge on any atom is -0.477 e. The first-order chi connectivity index (χ1) is 8.58. The van der Waals surface area contributed by atoms with Crippen LogP contribution in [0.4, 0.5) is 10.1 Å². The summed E-state index contributed by atoms with van der Waals surface area (Å²) in [5.41, 5.74) is 0.861. The number of carbonyl (C=O) groups is 1. The van der Waals surface area contributed by atoms with Crippen molar-refractivity contribution < 1.29 is 14.3 Å². The van der Waals surface area contributed by atoms with Gasteiger partial charge in [-0.2, -0.15) is 0 Å². The lowest BCUT2D eigenvalue weighted by molar-refractivity contribution is 0.0701. The van der Waals surface area contributed by atoms with Crippen molar-refractivity contribution in [3.8, 4) is 0 Å². The standard InChI is InChI=1S/C12H11FN2O2S/c1-7-11(12(16)17)18-10(15-7)6-14-9-5-3-2-4-8(9)13/h2-5,14H,6H2,1H3,(H,16,17). The molecule has 0 radical (unpaired) electrons. The number of thiazole rings is 1. The van der Waals surface area contributed by atoms with Crippen molar-refractivity contribution in [3.05, 3.63) is 45.7 Å². The molecule has 0 saturated heterocycles. The molecule has 2 aromatic rings. The summed E-state index contributed by atoms with van der Waals surface area (Å²) in [6.45, 7) is 1.95. The maximum Gasteiger partial charge on any atom is 0.347 e. The molecular formula is C12H11FN2O2S. The Bertz CT molecular complexity index is 583. The van der Waals surface area contributed by atoms with Gasteiger partial charge < -0.3 is 10.4 Å². The molecule has 0 saturated carbocycles. The zero-order valence-corrected chi connectivity index (χ0v) is 10.4. The van der Waals surface area contributed by atoms with Crippen molar-refractivity contribution >= 4 is 23.0 Å². The fourth-order valence-corrected chi connectivity index (χ4v) is 2.34. The highest BCUT2D eigenvalue weighted by Gasteiger charge is 2.13. The Hall–Kier alpha value is -1.95. The van der Waals surface area contributed by atoms with Crippen LogP contribution < -0.4 is 5.32 Å². The van der Waals surface area contributed by atoms with Gasteiger partial charge in [0.1, 0.15) is 15.7 Å². The number of carboxylic acids is 1. The van der Waals surface area contributed by atoms with E-state index in [0.29, 0.717) is 22.9 Å². The summed E-state index contributed by atoms with van der Waals surface area (Å²) in [6.07, 6.45) is 0. The second kappa shape index (κ2) is 5.14. The van der Waals surface area contributed by atoms with E-state index in [2.05, 4.69) is 10.3 Å². The first-order valence-corrected chi connectivity index (χ1v) is 6.07. The average Bonchev–Trinajstić information content (AvgIpc) is 2.70. The Morgan fingerprint density at radius 2 is 2.22 bits per heavy atom. The topological polar surface area (TPSA) is 62.2 Å². The second-order valence-electron chi connectivity index (χ2n) is 3.66. The van der Waals surface area contributed by atoms with Crippen molar-refractivity contribution in [2.24, 2.45) is 0 Å². The normalized spacial score (nSPS) is 10.3. The number of para-hydroxylation sites is 1. The minimum absolute atomic E-state index is 0.223. The number of benzene rings is 1. The van der Waals surface area contributed by atoms with Crippen molar-refractivity contribution in [2.75, 3.05) is 5.32 Å². The molecule has 0 aliphatic carbocycles. The largest absolute Gasteiger partial charge is 0.477 e. The number of halogens is 1. The lowest BCUT2D eigenvalue weighted by Crippen LogP contribution is -2.00. The van der Waals surface area contributed by atoms with Gasteiger partial charge in [-0.25, -0.2) is 14.2 Å². The number of hydrogen-bond acceptors (Lipinski definition) is 4. The first-order valence-electron chi connectivity index (χ1n) is 5.26. The molecule has 6 heteroatoms. The van der Waals surface area contributed by atoms with Gasteiger partial charge >= 0.3 is 5.97 Å². The predicted molar refractivity (Wildman–Crippen MR) is 67.5 cm³/mol. The van der Waals surface area contributed by atoms with Crippen LogP contribution in [0.5, 0.6) is 0 Å². The van der Waals surface area contributed by atoms with E-state index in [1.165, 1.54) is 6.07 Å². The van der Waals surface area contributed by atoms with E-state index >= 15 is 0 Å². The van der Waals surface area contributed by atoms with E-state index in [1.54, 1.807) is 25.1 Å². The second-order valence-corrected chi connectivity index (χ2v) is 4.74. The lowest BCUT2D eigenvalue weighted by atomic mass is 10.3. The van der Waals surface area contributed by atoms with E-state index in [4.69, 9.17) is 5.11 Å². The Morgan fingerprint density at radius 1 is 1.50 bits per heavy atom. The Labute approximate surface area is 107 Å². The number of nitrogens with zero attached hydrogens (tertiary/aromatic N) is 1. The van der Waals surface area contributed by atoms with Crippen LogP contribution in [-0.2, 0) is 6.54 Å². The van der Waals surface area contributed by atoms with Gasteiger partial charge in [0.15, 0.2) is 0 Å². The summed E-state index contributed by atoms with van der Waals surface area (Å²) in [5.74, 6) is -1.33. The molecular weight excluding hydrogens is 255 g/mol. The number of anilines is 1. The maximum atomic E-state index is 13.3. The van der Waals surface area contributed by atoms with Crippen LogP contribution in [0.2, 0.25) is 0 Å². The molecule has 2 N–H and O–H groups in total. The summed E-state index contributed by atoms with van der Waals surface area (Å²) in [6, 6.07) is 6.31. The zero-order valence-electron chi connectivity index (χ0n) is 9.61. The minimum atomic E-state index is -0.984. The van der Waals surface area contributed by atoms with Gasteiger partial charge in [0.05, 0.1) is 17.9 Å². The molecule has 1 aromatic carbocycles. The molecule has 18 heavy (non-hydrogen) atoms. The summed E-state index contributed by atoms with van der Waals surface area (Å²) in [5, 5.41) is 12.4. The van der Waals surface area contributed by atoms with Crippen LogP contribution in [0.3, 0.4) is 0 Å². The summed E-state index contributed by atoms with van der Waals surface area (Å²) < 4.78 is 13.3. The van der Waals surface area contributed by atoms with Gasteiger partial charge in [0.25, 0.3) is 0 Å². The molecule has 0 unspecified atom stereocenters. The van der Waals surface area contributed by atoms with Gasteiger partial charge in [-0.3, -0.25) is 0 Å². The summed E-state index contributed by atoms with van der Waals surface area (Å²) in [4.78, 5) is 15.2. The molecule has 4 nitrogen and oxygen atoms in total. The van der Waals surface area contributed by atoms with Crippen LogP contribution in [0.25, 0.3) is 0 Å². The Kier molecular flexibility index (Phi) is 3.57. The molecule has 0 bridgehead atoms. The number of nitrogens with one attached hydrogen (secondary N) is 1. The summed E-state index contributed by atoms with van der Waals surface area (Å²) >= 11 is 1.10. The highest BCUT2D eigenvalue weighted by Crippen LogP contribution is 2.20. The number of aromatic nitrogens is 1. The maximum absolute atomic E-state index is 13.3. The van der Waals surface area contributed by atoms with Crippen LogP contribution >= 0.6 is 11.3 Å². The van der Waals surface area contributed by atoms with Crippen LogP contribution in [0.1, 0.15) is 20.4 Å². The molecule has 0 aliphatic rings. The number of aryl methyl sites for hydroxylation is 1. The van der Waals surface area contributed by atoms with E-state index in [9.17, 15) is 9.18 Å². The van der Waals surface area contributed by atoms with E-state index < -0.39 is 5.97 Å². The molecule has 0 amide bonds. The van der Waals surface area contributed by atoms with Gasteiger partial charge in [0, 0.05) is 0 Å². The van der Waals surface area contributed by atoms with Crippen LogP contribution in [0.15, 0.2) is 24.3 Å². The molecule has 0 fully saturated rings. The zero-order chi connectivity index (χ0) is 13.1. The van der Waals surface area contributed by atoms with Gasteiger partial charge in [-0.05, 0) is 19.1 Å². The fraction of sp³-hybridized carbons (Fsp3) is 0.167.